The fourth-order valence-electron chi connectivity index (χ4n) is 2.19. The molecule has 0 spiro atoms. The van der Waals surface area contributed by atoms with Crippen molar-refractivity contribution in [2.75, 3.05) is 0 Å². The van der Waals surface area contributed by atoms with Crippen molar-refractivity contribution in [1.82, 2.24) is 0 Å². The van der Waals surface area contributed by atoms with E-state index in [1.165, 1.54) is 6.92 Å². The Balaban J connectivity index is 1.93. The second-order valence-corrected chi connectivity index (χ2v) is 8.20. The van der Waals surface area contributed by atoms with Crippen molar-refractivity contribution in [2.24, 2.45) is 4.99 Å². The molecule has 0 aliphatic carbocycles. The van der Waals surface area contributed by atoms with Gasteiger partial charge in [0.25, 0.3) is 0 Å². The molecule has 1 aliphatic rings. The summed E-state index contributed by atoms with van der Waals surface area (Å²) in [5, 5.41) is 0. The van der Waals surface area contributed by atoms with E-state index in [-0.39, 0.29) is 11.6 Å². The number of carbonyl (C=O) groups excluding carboxylic acids is 2. The molecule has 2 aromatic carbocycles. The quantitative estimate of drug-likeness (QED) is 0.216. The summed E-state index contributed by atoms with van der Waals surface area (Å²) in [5.41, 5.74) is 1.62. The molecule has 0 bridgehead atoms. The topological polar surface area (TPSA) is 65.0 Å². The van der Waals surface area contributed by atoms with E-state index >= 15 is 0 Å². The Morgan fingerprint density at radius 2 is 1.81 bits per heavy atom. The Morgan fingerprint density at radius 1 is 1.19 bits per heavy atom. The summed E-state index contributed by atoms with van der Waals surface area (Å²) in [6.07, 6.45) is 1.61. The van der Waals surface area contributed by atoms with Crippen molar-refractivity contribution in [1.29, 1.82) is 0 Å². The second-order valence-electron chi connectivity index (χ2n) is 5.25. The maximum atomic E-state index is 12.1. The molecule has 0 saturated heterocycles. The summed E-state index contributed by atoms with van der Waals surface area (Å²) >= 11 is 8.91. The predicted molar refractivity (Wildman–Crippen MR) is 113 cm³/mol. The Morgan fingerprint density at radius 3 is 2.38 bits per heavy atom. The van der Waals surface area contributed by atoms with Gasteiger partial charge in [0.2, 0.25) is 5.90 Å². The van der Waals surface area contributed by atoms with E-state index in [9.17, 15) is 9.59 Å². The first-order valence-electron chi connectivity index (χ1n) is 7.29. The van der Waals surface area contributed by atoms with Crippen LogP contribution in [0.3, 0.4) is 0 Å². The molecule has 0 amide bonds. The van der Waals surface area contributed by atoms with Gasteiger partial charge in [-0.1, -0.05) is 0 Å². The first kappa shape index (κ1) is 19.2. The van der Waals surface area contributed by atoms with E-state index in [4.69, 9.17) is 9.47 Å². The van der Waals surface area contributed by atoms with Gasteiger partial charge in [0.15, 0.2) is 11.4 Å². The molecule has 0 radical (unpaired) electrons. The molecule has 2 aromatic rings. The number of ether oxygens (including phenoxy) is 2. The van der Waals surface area contributed by atoms with Crippen molar-refractivity contribution in [3.8, 4) is 5.75 Å². The van der Waals surface area contributed by atoms with Crippen LogP contribution in [0, 0.1) is 3.57 Å². The number of halogens is 3. The number of rotatable bonds is 3. The Hall–Kier alpha value is -1.52. The number of aliphatic imine (C=N–C) groups is 1. The number of nitrogens with zero attached hydrogens (tertiary/aromatic N) is 1. The average Bonchev–Trinajstić information content (AvgIpc) is 2.92. The van der Waals surface area contributed by atoms with E-state index in [1.807, 2.05) is 24.3 Å². The first-order valence-corrected chi connectivity index (χ1v) is 9.96. The zero-order valence-corrected chi connectivity index (χ0v) is 18.6. The second kappa shape index (κ2) is 8.01. The third-order valence-electron chi connectivity index (χ3n) is 3.28. The van der Waals surface area contributed by atoms with Crippen LogP contribution >= 0.6 is 54.5 Å². The molecule has 132 valence electrons. The highest BCUT2D eigenvalue weighted by molar-refractivity contribution is 14.1. The summed E-state index contributed by atoms with van der Waals surface area (Å²) < 4.78 is 12.6. The summed E-state index contributed by atoms with van der Waals surface area (Å²) in [6, 6.07) is 11.0. The number of cyclic esters (lactones) is 1. The fraction of sp³-hybridized carbons (Fsp3) is 0.0556. The lowest BCUT2D eigenvalue weighted by atomic mass is 10.2. The lowest BCUT2D eigenvalue weighted by Crippen LogP contribution is -2.05. The molecule has 1 heterocycles. The van der Waals surface area contributed by atoms with Crippen LogP contribution in [0.5, 0.6) is 5.75 Å². The molecule has 26 heavy (non-hydrogen) atoms. The molecule has 0 N–H and O–H groups in total. The van der Waals surface area contributed by atoms with Gasteiger partial charge < -0.3 is 9.47 Å². The van der Waals surface area contributed by atoms with Crippen molar-refractivity contribution in [3.05, 3.63) is 65.7 Å². The average molecular weight is 591 g/mol. The zero-order valence-electron chi connectivity index (χ0n) is 13.3. The molecule has 0 fully saturated rings. The summed E-state index contributed by atoms with van der Waals surface area (Å²) in [5.74, 6) is -0.303. The van der Waals surface area contributed by atoms with E-state index in [1.54, 1.807) is 18.2 Å². The predicted octanol–water partition coefficient (Wildman–Crippen LogP) is 5.09. The Kier molecular flexibility index (Phi) is 5.93. The van der Waals surface area contributed by atoms with E-state index in [0.29, 0.717) is 20.3 Å². The maximum absolute atomic E-state index is 12.1. The Labute approximate surface area is 179 Å². The highest BCUT2D eigenvalue weighted by Gasteiger charge is 2.24. The SMILES string of the molecule is CC(=O)Oc1c(Br)cc(/C=C2\N=C(c3ccc(I)cc3)OC2=O)cc1Br. The largest absolute Gasteiger partial charge is 0.424 e. The molecule has 1 aliphatic heterocycles. The van der Waals surface area contributed by atoms with Crippen LogP contribution in [0.4, 0.5) is 0 Å². The van der Waals surface area contributed by atoms with Gasteiger partial charge in [-0.25, -0.2) is 9.79 Å². The standard InChI is InChI=1S/C18H10Br2INO4/c1-9(23)25-16-13(19)6-10(7-14(16)20)8-15-18(24)26-17(22-15)11-2-4-12(21)5-3-11/h2-8H,1H3/b15-8-. The number of carbonyl (C=O) groups is 2. The van der Waals surface area contributed by atoms with Gasteiger partial charge in [-0.15, -0.1) is 0 Å². The minimum atomic E-state index is -0.519. The highest BCUT2D eigenvalue weighted by atomic mass is 127. The molecular formula is C18H10Br2INO4. The van der Waals surface area contributed by atoms with Crippen LogP contribution in [0.25, 0.3) is 6.08 Å². The summed E-state index contributed by atoms with van der Waals surface area (Å²) in [7, 11) is 0. The minimum Gasteiger partial charge on any atom is -0.424 e. The van der Waals surface area contributed by atoms with Gasteiger partial charge in [-0.3, -0.25) is 4.79 Å². The minimum absolute atomic E-state index is 0.192. The lowest BCUT2D eigenvalue weighted by molar-refractivity contribution is -0.132. The number of esters is 2. The zero-order chi connectivity index (χ0) is 18.8. The third-order valence-corrected chi connectivity index (χ3v) is 5.18. The van der Waals surface area contributed by atoms with Gasteiger partial charge in [0, 0.05) is 16.1 Å². The van der Waals surface area contributed by atoms with E-state index < -0.39 is 11.9 Å². The highest BCUT2D eigenvalue weighted by Crippen LogP contribution is 2.36. The van der Waals surface area contributed by atoms with Crippen LogP contribution in [0.2, 0.25) is 0 Å². The van der Waals surface area contributed by atoms with Gasteiger partial charge in [-0.05, 0) is 102 Å². The van der Waals surface area contributed by atoms with Gasteiger partial charge in [0.05, 0.1) is 8.95 Å². The van der Waals surface area contributed by atoms with E-state index in [2.05, 4.69) is 59.4 Å². The van der Waals surface area contributed by atoms with Crippen molar-refractivity contribution in [3.63, 3.8) is 0 Å². The van der Waals surface area contributed by atoms with Crippen LogP contribution in [0.15, 0.2) is 56.0 Å². The molecule has 0 saturated carbocycles. The smallest absolute Gasteiger partial charge is 0.363 e. The summed E-state index contributed by atoms with van der Waals surface area (Å²) in [6.45, 7) is 1.32. The first-order chi connectivity index (χ1) is 12.3. The van der Waals surface area contributed by atoms with E-state index in [0.717, 1.165) is 9.13 Å². The van der Waals surface area contributed by atoms with Crippen LogP contribution in [0.1, 0.15) is 18.1 Å². The van der Waals surface area contributed by atoms with Crippen molar-refractivity contribution >= 4 is 78.4 Å². The number of hydrogen-bond donors (Lipinski definition) is 0. The van der Waals surface area contributed by atoms with Crippen molar-refractivity contribution in [2.45, 2.75) is 6.92 Å². The number of benzene rings is 2. The van der Waals surface area contributed by atoms with Gasteiger partial charge in [-0.2, -0.15) is 0 Å². The monoisotopic (exact) mass is 589 g/mol. The normalized spacial score (nSPS) is 15.0. The molecule has 3 rings (SSSR count). The van der Waals surface area contributed by atoms with Crippen LogP contribution in [-0.4, -0.2) is 17.8 Å². The fourth-order valence-corrected chi connectivity index (χ4v) is 3.93. The number of hydrogen-bond acceptors (Lipinski definition) is 5. The lowest BCUT2D eigenvalue weighted by Gasteiger charge is -2.08. The van der Waals surface area contributed by atoms with Crippen LogP contribution < -0.4 is 4.74 Å². The van der Waals surface area contributed by atoms with Gasteiger partial charge >= 0.3 is 11.9 Å². The molecule has 5 nitrogen and oxygen atoms in total. The van der Waals surface area contributed by atoms with Gasteiger partial charge in [0.1, 0.15) is 0 Å². The molecule has 0 aromatic heterocycles. The molecular weight excluding hydrogens is 581 g/mol. The molecule has 0 atom stereocenters. The summed E-state index contributed by atoms with van der Waals surface area (Å²) in [4.78, 5) is 27.6. The Bertz CT molecular complexity index is 945. The molecule has 0 unspecified atom stereocenters. The van der Waals surface area contributed by atoms with Crippen molar-refractivity contribution < 1.29 is 19.1 Å². The maximum Gasteiger partial charge on any atom is 0.363 e. The third kappa shape index (κ3) is 4.41. The molecule has 8 heteroatoms. The van der Waals surface area contributed by atoms with Crippen LogP contribution in [-0.2, 0) is 14.3 Å².